The predicted octanol–water partition coefficient (Wildman–Crippen LogP) is 3.41. The largest absolute Gasteiger partial charge is 0.507 e. The van der Waals surface area contributed by atoms with E-state index in [0.717, 1.165) is 23.7 Å². The van der Waals surface area contributed by atoms with Crippen molar-refractivity contribution in [2.45, 2.75) is 33.7 Å². The molecule has 1 atom stereocenters. The van der Waals surface area contributed by atoms with Gasteiger partial charge in [0.2, 0.25) is 0 Å². The molecule has 34 heavy (non-hydrogen) atoms. The fourth-order valence-electron chi connectivity index (χ4n) is 4.09. The molecule has 0 spiro atoms. The van der Waals surface area contributed by atoms with Gasteiger partial charge in [0.15, 0.2) is 4.80 Å². The Morgan fingerprint density at radius 2 is 2.03 bits per heavy atom. The molecule has 4 rings (SSSR count). The van der Waals surface area contributed by atoms with Gasteiger partial charge in [-0.3, -0.25) is 9.36 Å². The van der Waals surface area contributed by atoms with Crippen molar-refractivity contribution in [2.75, 3.05) is 24.6 Å². The van der Waals surface area contributed by atoms with Crippen molar-refractivity contribution in [3.05, 3.63) is 77.1 Å². The number of nitrogens with zero attached hydrogens (tertiary/aromatic N) is 3. The molecule has 2 aromatic heterocycles. The standard InChI is InChI=1S/C25H27N3O4S2/c1-5-27(6-2)17-11-10-16(18(29)14-17)13-20-23(30)28-22(19-9-8-12-33-19)21(24(31)32-7-3)15(4)26-25(28)34-20/h8-14,22,29H,5-7H2,1-4H3/b20-13-. The minimum Gasteiger partial charge on any atom is -0.507 e. The third-order valence-electron chi connectivity index (χ3n) is 5.76. The lowest BCUT2D eigenvalue weighted by atomic mass is 10.0. The zero-order chi connectivity index (χ0) is 24.4. The molecule has 1 aromatic carbocycles. The zero-order valence-corrected chi connectivity index (χ0v) is 21.2. The number of thiazole rings is 1. The smallest absolute Gasteiger partial charge is 0.338 e. The van der Waals surface area contributed by atoms with Crippen LogP contribution in [0.5, 0.6) is 5.75 Å². The number of rotatable bonds is 7. The van der Waals surface area contributed by atoms with Crippen molar-refractivity contribution in [3.8, 4) is 5.75 Å². The van der Waals surface area contributed by atoms with Crippen molar-refractivity contribution in [2.24, 2.45) is 4.99 Å². The molecule has 3 heterocycles. The maximum absolute atomic E-state index is 13.6. The van der Waals surface area contributed by atoms with E-state index in [1.165, 1.54) is 22.7 Å². The third kappa shape index (κ3) is 4.33. The average Bonchev–Trinajstić information content (AvgIpc) is 3.44. The number of ether oxygens (including phenoxy) is 1. The SMILES string of the molecule is CCOC(=O)C1=C(C)N=c2s/c(=C\c3ccc(N(CC)CC)cc3O)c(=O)n2C1c1cccs1. The van der Waals surface area contributed by atoms with Gasteiger partial charge in [-0.25, -0.2) is 9.79 Å². The number of esters is 1. The number of hydrogen-bond donors (Lipinski definition) is 1. The van der Waals surface area contributed by atoms with Gasteiger partial charge in [0.05, 0.1) is 22.4 Å². The van der Waals surface area contributed by atoms with E-state index in [9.17, 15) is 14.7 Å². The van der Waals surface area contributed by atoms with E-state index >= 15 is 0 Å². The molecule has 1 aliphatic rings. The summed E-state index contributed by atoms with van der Waals surface area (Å²) in [5.41, 5.74) is 2.12. The van der Waals surface area contributed by atoms with Crippen molar-refractivity contribution >= 4 is 40.4 Å². The number of aromatic nitrogens is 1. The molecule has 0 amide bonds. The van der Waals surface area contributed by atoms with Gasteiger partial charge < -0.3 is 14.7 Å². The summed E-state index contributed by atoms with van der Waals surface area (Å²) in [5.74, 6) is -0.366. The first-order chi connectivity index (χ1) is 16.4. The lowest BCUT2D eigenvalue weighted by Gasteiger charge is -2.23. The Balaban J connectivity index is 1.86. The van der Waals surface area contributed by atoms with Gasteiger partial charge in [0.1, 0.15) is 11.8 Å². The van der Waals surface area contributed by atoms with Gasteiger partial charge in [0.25, 0.3) is 5.56 Å². The average molecular weight is 498 g/mol. The van der Waals surface area contributed by atoms with E-state index in [1.807, 2.05) is 29.6 Å². The summed E-state index contributed by atoms with van der Waals surface area (Å²) < 4.78 is 7.29. The minimum absolute atomic E-state index is 0.105. The van der Waals surface area contributed by atoms with Crippen LogP contribution in [0.25, 0.3) is 6.08 Å². The molecule has 0 aliphatic carbocycles. The fourth-order valence-corrected chi connectivity index (χ4v) is 5.95. The molecule has 1 aliphatic heterocycles. The maximum atomic E-state index is 13.6. The molecule has 1 N–H and O–H groups in total. The first kappa shape index (κ1) is 24.0. The van der Waals surface area contributed by atoms with Crippen LogP contribution in [0.3, 0.4) is 0 Å². The molecule has 7 nitrogen and oxygen atoms in total. The number of fused-ring (bicyclic) bond motifs is 1. The second-order valence-electron chi connectivity index (χ2n) is 7.73. The number of phenolic OH excluding ortho intramolecular Hbond substituents is 1. The second kappa shape index (κ2) is 9.99. The van der Waals surface area contributed by atoms with Gasteiger partial charge in [-0.15, -0.1) is 11.3 Å². The van der Waals surface area contributed by atoms with Gasteiger partial charge >= 0.3 is 5.97 Å². The summed E-state index contributed by atoms with van der Waals surface area (Å²) in [6, 6.07) is 8.66. The van der Waals surface area contributed by atoms with E-state index in [1.54, 1.807) is 30.6 Å². The molecule has 0 radical (unpaired) electrons. The quantitative estimate of drug-likeness (QED) is 0.506. The Bertz CT molecular complexity index is 1410. The first-order valence-corrected chi connectivity index (χ1v) is 12.9. The normalized spacial score (nSPS) is 15.8. The summed E-state index contributed by atoms with van der Waals surface area (Å²) >= 11 is 2.72. The number of anilines is 1. The highest BCUT2D eigenvalue weighted by Gasteiger charge is 2.33. The summed E-state index contributed by atoms with van der Waals surface area (Å²) in [6.45, 7) is 9.54. The first-order valence-electron chi connectivity index (χ1n) is 11.2. The summed E-state index contributed by atoms with van der Waals surface area (Å²) in [5, 5.41) is 12.6. The lowest BCUT2D eigenvalue weighted by Crippen LogP contribution is -2.39. The third-order valence-corrected chi connectivity index (χ3v) is 7.67. The van der Waals surface area contributed by atoms with Crippen molar-refractivity contribution in [3.63, 3.8) is 0 Å². The van der Waals surface area contributed by atoms with Crippen LogP contribution in [0.4, 0.5) is 5.69 Å². The highest BCUT2D eigenvalue weighted by molar-refractivity contribution is 7.10. The Labute approximate surface area is 205 Å². The Morgan fingerprint density at radius 1 is 1.26 bits per heavy atom. The second-order valence-corrected chi connectivity index (χ2v) is 9.72. The van der Waals surface area contributed by atoms with Gasteiger partial charge in [-0.1, -0.05) is 17.4 Å². The molecular formula is C25H27N3O4S2. The highest BCUT2D eigenvalue weighted by Crippen LogP contribution is 2.33. The Hall–Kier alpha value is -3.17. The van der Waals surface area contributed by atoms with Crippen LogP contribution in [0.1, 0.15) is 44.2 Å². The molecule has 9 heteroatoms. The van der Waals surface area contributed by atoms with E-state index < -0.39 is 12.0 Å². The fraction of sp³-hybridized carbons (Fsp3) is 0.320. The zero-order valence-electron chi connectivity index (χ0n) is 19.6. The Kier molecular flexibility index (Phi) is 7.04. The number of aromatic hydroxyl groups is 1. The number of phenols is 1. The number of thiophene rings is 1. The van der Waals surface area contributed by atoms with Crippen LogP contribution >= 0.6 is 22.7 Å². The number of benzene rings is 1. The van der Waals surface area contributed by atoms with Crippen LogP contribution < -0.4 is 19.8 Å². The summed E-state index contributed by atoms with van der Waals surface area (Å²) in [6.07, 6.45) is 1.68. The minimum atomic E-state index is -0.601. The van der Waals surface area contributed by atoms with Crippen LogP contribution in [0.15, 0.2) is 56.8 Å². The van der Waals surface area contributed by atoms with Crippen LogP contribution in [0.2, 0.25) is 0 Å². The number of allylic oxidation sites excluding steroid dienone is 1. The molecule has 0 saturated carbocycles. The van der Waals surface area contributed by atoms with Crippen LogP contribution in [-0.2, 0) is 9.53 Å². The van der Waals surface area contributed by atoms with Gasteiger partial charge in [-0.05, 0) is 57.4 Å². The van der Waals surface area contributed by atoms with Crippen LogP contribution in [0, 0.1) is 0 Å². The number of carbonyl (C=O) groups excluding carboxylic acids is 1. The molecule has 0 saturated heterocycles. The monoisotopic (exact) mass is 497 g/mol. The van der Waals surface area contributed by atoms with Gasteiger partial charge in [-0.2, -0.15) is 0 Å². The van der Waals surface area contributed by atoms with Crippen LogP contribution in [-0.4, -0.2) is 35.3 Å². The van der Waals surface area contributed by atoms with E-state index in [4.69, 9.17) is 4.74 Å². The molecule has 0 fully saturated rings. The topological polar surface area (TPSA) is 84.1 Å². The summed E-state index contributed by atoms with van der Waals surface area (Å²) in [7, 11) is 0. The van der Waals surface area contributed by atoms with Gasteiger partial charge in [0, 0.05) is 35.3 Å². The van der Waals surface area contributed by atoms with Crippen molar-refractivity contribution in [1.29, 1.82) is 0 Å². The number of carbonyl (C=O) groups is 1. The predicted molar refractivity (Wildman–Crippen MR) is 136 cm³/mol. The Morgan fingerprint density at radius 3 is 2.65 bits per heavy atom. The molecular weight excluding hydrogens is 470 g/mol. The van der Waals surface area contributed by atoms with E-state index in [-0.39, 0.29) is 17.9 Å². The van der Waals surface area contributed by atoms with Crippen molar-refractivity contribution < 1.29 is 14.6 Å². The maximum Gasteiger partial charge on any atom is 0.338 e. The molecule has 1 unspecified atom stereocenters. The highest BCUT2D eigenvalue weighted by atomic mass is 32.1. The molecule has 178 valence electrons. The molecule has 0 bridgehead atoms. The van der Waals surface area contributed by atoms with E-state index in [2.05, 4.69) is 23.7 Å². The summed E-state index contributed by atoms with van der Waals surface area (Å²) in [4.78, 5) is 34.5. The van der Waals surface area contributed by atoms with E-state index in [0.29, 0.717) is 26.2 Å². The lowest BCUT2D eigenvalue weighted by molar-refractivity contribution is -0.139. The molecule has 3 aromatic rings. The number of hydrogen-bond acceptors (Lipinski definition) is 8. The van der Waals surface area contributed by atoms with Crippen molar-refractivity contribution in [1.82, 2.24) is 4.57 Å².